The van der Waals surface area contributed by atoms with Crippen molar-refractivity contribution in [3.05, 3.63) is 23.4 Å². The lowest BCUT2D eigenvalue weighted by Crippen LogP contribution is -2.47. The molecule has 0 spiro atoms. The first-order valence-corrected chi connectivity index (χ1v) is 6.18. The summed E-state index contributed by atoms with van der Waals surface area (Å²) in [6.07, 6.45) is 0.198. The third-order valence-electron chi connectivity index (χ3n) is 3.15. The van der Waals surface area contributed by atoms with E-state index in [1.807, 2.05) is 19.1 Å². The monoisotopic (exact) mass is 248 g/mol. The van der Waals surface area contributed by atoms with Gasteiger partial charge in [-0.3, -0.25) is 5.41 Å². The summed E-state index contributed by atoms with van der Waals surface area (Å²) in [4.78, 5) is 6.76. The van der Waals surface area contributed by atoms with Crippen LogP contribution >= 0.6 is 0 Å². The zero-order chi connectivity index (χ0) is 13.3. The van der Waals surface area contributed by atoms with Crippen LogP contribution in [0.1, 0.15) is 25.1 Å². The van der Waals surface area contributed by atoms with Crippen LogP contribution in [0.25, 0.3) is 0 Å². The van der Waals surface area contributed by atoms with Gasteiger partial charge in [0.05, 0.1) is 18.8 Å². The van der Waals surface area contributed by atoms with Crippen molar-refractivity contribution in [1.29, 1.82) is 5.41 Å². The van der Waals surface area contributed by atoms with Crippen LogP contribution in [0.5, 0.6) is 0 Å². The van der Waals surface area contributed by atoms with Crippen LogP contribution < -0.4 is 10.6 Å². The van der Waals surface area contributed by atoms with Crippen LogP contribution in [-0.2, 0) is 4.74 Å². The van der Waals surface area contributed by atoms with Crippen LogP contribution in [0.2, 0.25) is 0 Å². The Morgan fingerprint density at radius 1 is 1.50 bits per heavy atom. The SMILES string of the molecule is Cc1cc(C(=N)N)cc(N2CC(C)OCC2C)n1. The molecule has 1 fully saturated rings. The molecular weight excluding hydrogens is 228 g/mol. The number of aromatic nitrogens is 1. The number of hydrogen-bond acceptors (Lipinski definition) is 4. The number of nitrogen functional groups attached to an aromatic ring is 1. The summed E-state index contributed by atoms with van der Waals surface area (Å²) in [5, 5.41) is 7.54. The number of ether oxygens (including phenoxy) is 1. The van der Waals surface area contributed by atoms with Crippen LogP contribution in [0.4, 0.5) is 5.82 Å². The Kier molecular flexibility index (Phi) is 3.52. The van der Waals surface area contributed by atoms with Crippen molar-refractivity contribution in [2.75, 3.05) is 18.1 Å². The minimum Gasteiger partial charge on any atom is -0.384 e. The number of nitrogens with one attached hydrogen (secondary N) is 1. The van der Waals surface area contributed by atoms with E-state index >= 15 is 0 Å². The summed E-state index contributed by atoms with van der Waals surface area (Å²) in [6, 6.07) is 4.00. The number of anilines is 1. The highest BCUT2D eigenvalue weighted by Gasteiger charge is 2.25. The number of nitrogens with two attached hydrogens (primary N) is 1. The van der Waals surface area contributed by atoms with E-state index in [2.05, 4.69) is 23.7 Å². The molecule has 0 radical (unpaired) electrons. The average Bonchev–Trinajstić information content (AvgIpc) is 2.31. The third kappa shape index (κ3) is 2.61. The number of aryl methyl sites for hydroxylation is 1. The second-order valence-electron chi connectivity index (χ2n) is 4.91. The van der Waals surface area contributed by atoms with Crippen LogP contribution in [0, 0.1) is 12.3 Å². The summed E-state index contributed by atoms with van der Waals surface area (Å²) in [6.45, 7) is 7.61. The molecule has 1 saturated heterocycles. The van der Waals surface area contributed by atoms with Gasteiger partial charge in [-0.2, -0.15) is 0 Å². The highest BCUT2D eigenvalue weighted by Crippen LogP contribution is 2.21. The van der Waals surface area contributed by atoms with Gasteiger partial charge >= 0.3 is 0 Å². The van der Waals surface area contributed by atoms with E-state index in [9.17, 15) is 0 Å². The largest absolute Gasteiger partial charge is 0.384 e. The van der Waals surface area contributed by atoms with Gasteiger partial charge in [0.25, 0.3) is 0 Å². The molecule has 0 saturated carbocycles. The smallest absolute Gasteiger partial charge is 0.129 e. The van der Waals surface area contributed by atoms with Crippen molar-refractivity contribution in [2.45, 2.75) is 32.9 Å². The van der Waals surface area contributed by atoms with Gasteiger partial charge in [0.2, 0.25) is 0 Å². The van der Waals surface area contributed by atoms with E-state index in [-0.39, 0.29) is 18.0 Å². The van der Waals surface area contributed by atoms with E-state index in [1.54, 1.807) is 0 Å². The molecule has 2 heterocycles. The van der Waals surface area contributed by atoms with Crippen molar-refractivity contribution in [3.8, 4) is 0 Å². The first-order valence-electron chi connectivity index (χ1n) is 6.18. The molecule has 3 N–H and O–H groups in total. The number of pyridine rings is 1. The third-order valence-corrected chi connectivity index (χ3v) is 3.15. The average molecular weight is 248 g/mol. The van der Waals surface area contributed by atoms with Gasteiger partial charge in [-0.1, -0.05) is 0 Å². The normalized spacial score (nSPS) is 24.1. The van der Waals surface area contributed by atoms with Crippen molar-refractivity contribution in [2.24, 2.45) is 5.73 Å². The lowest BCUT2D eigenvalue weighted by Gasteiger charge is -2.37. The predicted octanol–water partition coefficient (Wildman–Crippen LogP) is 1.29. The zero-order valence-corrected chi connectivity index (χ0v) is 11.1. The first-order chi connectivity index (χ1) is 8.47. The molecule has 2 rings (SSSR count). The number of nitrogens with zero attached hydrogens (tertiary/aromatic N) is 2. The van der Waals surface area contributed by atoms with Gasteiger partial charge in [-0.25, -0.2) is 4.98 Å². The van der Waals surface area contributed by atoms with E-state index in [1.165, 1.54) is 0 Å². The van der Waals surface area contributed by atoms with E-state index in [4.69, 9.17) is 15.9 Å². The molecule has 1 aromatic heterocycles. The fraction of sp³-hybridized carbons (Fsp3) is 0.538. The lowest BCUT2D eigenvalue weighted by atomic mass is 10.1. The quantitative estimate of drug-likeness (QED) is 0.611. The van der Waals surface area contributed by atoms with Gasteiger partial charge in [0, 0.05) is 17.8 Å². The molecule has 5 nitrogen and oxygen atoms in total. The molecule has 0 amide bonds. The van der Waals surface area contributed by atoms with Crippen molar-refractivity contribution >= 4 is 11.7 Å². The topological polar surface area (TPSA) is 75.2 Å². The van der Waals surface area contributed by atoms with Crippen LogP contribution in [0.3, 0.4) is 0 Å². The maximum Gasteiger partial charge on any atom is 0.129 e. The Hall–Kier alpha value is -1.62. The molecule has 1 aliphatic heterocycles. The molecule has 98 valence electrons. The van der Waals surface area contributed by atoms with Crippen LogP contribution in [0.15, 0.2) is 12.1 Å². The maximum atomic E-state index is 7.54. The standard InChI is InChI=1S/C13H20N4O/c1-8-4-11(13(14)15)5-12(16-8)17-6-10(3)18-7-9(17)2/h4-5,9-10H,6-7H2,1-3H3,(H3,14,15). The van der Waals surface area contributed by atoms with Gasteiger partial charge in [0.15, 0.2) is 0 Å². The molecule has 0 aliphatic carbocycles. The Bertz CT molecular complexity index is 460. The maximum absolute atomic E-state index is 7.54. The Balaban J connectivity index is 2.34. The number of amidine groups is 1. The van der Waals surface area contributed by atoms with Gasteiger partial charge in [-0.05, 0) is 32.9 Å². The summed E-state index contributed by atoms with van der Waals surface area (Å²) in [7, 11) is 0. The minimum absolute atomic E-state index is 0.0794. The predicted molar refractivity (Wildman–Crippen MR) is 72.2 cm³/mol. The molecule has 1 aliphatic rings. The van der Waals surface area contributed by atoms with E-state index < -0.39 is 0 Å². The Morgan fingerprint density at radius 3 is 2.89 bits per heavy atom. The number of hydrogen-bond donors (Lipinski definition) is 2. The molecule has 2 atom stereocenters. The Morgan fingerprint density at radius 2 is 2.22 bits per heavy atom. The molecular formula is C13H20N4O. The molecule has 18 heavy (non-hydrogen) atoms. The second kappa shape index (κ2) is 4.94. The summed E-state index contributed by atoms with van der Waals surface area (Å²) >= 11 is 0. The van der Waals surface area contributed by atoms with Gasteiger partial charge in [0.1, 0.15) is 11.7 Å². The fourth-order valence-corrected chi connectivity index (χ4v) is 2.18. The fourth-order valence-electron chi connectivity index (χ4n) is 2.18. The summed E-state index contributed by atoms with van der Waals surface area (Å²) < 4.78 is 5.61. The summed E-state index contributed by atoms with van der Waals surface area (Å²) in [5.41, 5.74) is 7.16. The highest BCUT2D eigenvalue weighted by atomic mass is 16.5. The van der Waals surface area contributed by atoms with Gasteiger partial charge in [-0.15, -0.1) is 0 Å². The lowest BCUT2D eigenvalue weighted by molar-refractivity contribution is 0.0340. The van der Waals surface area contributed by atoms with Crippen molar-refractivity contribution in [1.82, 2.24) is 4.98 Å². The molecule has 1 aromatic rings. The second-order valence-corrected chi connectivity index (χ2v) is 4.91. The van der Waals surface area contributed by atoms with E-state index in [0.717, 1.165) is 23.6 Å². The van der Waals surface area contributed by atoms with E-state index in [0.29, 0.717) is 6.61 Å². The van der Waals surface area contributed by atoms with Crippen molar-refractivity contribution < 1.29 is 4.74 Å². The zero-order valence-electron chi connectivity index (χ0n) is 11.1. The summed E-state index contributed by atoms with van der Waals surface area (Å²) in [5.74, 6) is 0.957. The number of morpholine rings is 1. The molecule has 2 unspecified atom stereocenters. The number of rotatable bonds is 2. The van der Waals surface area contributed by atoms with Crippen molar-refractivity contribution in [3.63, 3.8) is 0 Å². The minimum atomic E-state index is 0.0794. The molecule has 5 heteroatoms. The van der Waals surface area contributed by atoms with Crippen LogP contribution in [-0.4, -0.2) is 36.1 Å². The molecule has 0 bridgehead atoms. The van der Waals surface area contributed by atoms with Gasteiger partial charge < -0.3 is 15.4 Å². The first kappa shape index (κ1) is 12.8. The Labute approximate surface area is 107 Å². The highest BCUT2D eigenvalue weighted by molar-refractivity contribution is 5.95. The molecule has 0 aromatic carbocycles.